The van der Waals surface area contributed by atoms with Crippen LogP contribution in [0.2, 0.25) is 5.02 Å². The topological polar surface area (TPSA) is 51.2 Å². The molecule has 3 rings (SSSR count). The zero-order valence-electron chi connectivity index (χ0n) is 11.4. The number of nitrogens with one attached hydrogen (secondary N) is 1. The van der Waals surface area contributed by atoms with E-state index in [4.69, 9.17) is 21.9 Å². The molecule has 1 atom stereocenters. The molecule has 0 radical (unpaired) electrons. The Morgan fingerprint density at radius 2 is 2.05 bits per heavy atom. The predicted molar refractivity (Wildman–Crippen MR) is 89.3 cm³/mol. The monoisotopic (exact) mass is 364 g/mol. The van der Waals surface area contributed by atoms with E-state index in [9.17, 15) is 0 Å². The molecule has 0 fully saturated rings. The van der Waals surface area contributed by atoms with Crippen LogP contribution in [-0.2, 0) is 0 Å². The number of furan rings is 1. The first-order valence-corrected chi connectivity index (χ1v) is 7.67. The average Bonchev–Trinajstić information content (AvgIpc) is 2.87. The number of nitrogens with two attached hydrogens (primary N) is 1. The van der Waals surface area contributed by atoms with Gasteiger partial charge in [0.1, 0.15) is 17.4 Å². The summed E-state index contributed by atoms with van der Waals surface area (Å²) in [6.45, 7) is 2.04. The Bertz CT molecular complexity index is 800. The maximum absolute atomic E-state index is 6.02. The van der Waals surface area contributed by atoms with Gasteiger partial charge in [-0.3, -0.25) is 5.84 Å². The molecule has 3 aromatic rings. The Morgan fingerprint density at radius 1 is 1.24 bits per heavy atom. The zero-order chi connectivity index (χ0) is 15.0. The van der Waals surface area contributed by atoms with Gasteiger partial charge in [-0.1, -0.05) is 39.7 Å². The van der Waals surface area contributed by atoms with Crippen molar-refractivity contribution in [1.82, 2.24) is 5.43 Å². The fourth-order valence-electron chi connectivity index (χ4n) is 2.44. The smallest absolute Gasteiger partial charge is 0.134 e. The molecular formula is C16H14BrClN2O. The van der Waals surface area contributed by atoms with Crippen LogP contribution in [0.15, 0.2) is 51.4 Å². The Balaban J connectivity index is 2.11. The average molecular weight is 366 g/mol. The molecule has 1 aromatic heterocycles. The molecule has 1 unspecified atom stereocenters. The van der Waals surface area contributed by atoms with Gasteiger partial charge in [0.25, 0.3) is 0 Å². The molecule has 0 saturated heterocycles. The van der Waals surface area contributed by atoms with Gasteiger partial charge in [0.15, 0.2) is 0 Å². The fourth-order valence-corrected chi connectivity index (χ4v) is 3.00. The standard InChI is InChI=1S/C16H14BrClN2O/c1-9-12(3-2-4-13(9)17)16(20-19)15-8-10-7-11(18)5-6-14(10)21-15/h2-8,16,20H,19H2,1H3. The van der Waals surface area contributed by atoms with Crippen molar-refractivity contribution in [3.05, 3.63) is 68.8 Å². The van der Waals surface area contributed by atoms with Crippen LogP contribution < -0.4 is 11.3 Å². The summed E-state index contributed by atoms with van der Waals surface area (Å²) in [7, 11) is 0. The van der Waals surface area contributed by atoms with E-state index in [0.29, 0.717) is 5.02 Å². The second-order valence-electron chi connectivity index (χ2n) is 4.88. The van der Waals surface area contributed by atoms with E-state index in [2.05, 4.69) is 21.4 Å². The van der Waals surface area contributed by atoms with Gasteiger partial charge >= 0.3 is 0 Å². The van der Waals surface area contributed by atoms with Crippen LogP contribution >= 0.6 is 27.5 Å². The van der Waals surface area contributed by atoms with Crippen molar-refractivity contribution in [3.8, 4) is 0 Å². The molecule has 5 heteroatoms. The summed E-state index contributed by atoms with van der Waals surface area (Å²) in [5.74, 6) is 6.52. The van der Waals surface area contributed by atoms with E-state index in [0.717, 1.165) is 32.3 Å². The summed E-state index contributed by atoms with van der Waals surface area (Å²) >= 11 is 9.56. The van der Waals surface area contributed by atoms with Crippen LogP contribution in [0, 0.1) is 6.92 Å². The summed E-state index contributed by atoms with van der Waals surface area (Å²) in [6, 6.07) is 13.3. The van der Waals surface area contributed by atoms with Gasteiger partial charge in [0.2, 0.25) is 0 Å². The summed E-state index contributed by atoms with van der Waals surface area (Å²) in [5.41, 5.74) is 5.82. The Morgan fingerprint density at radius 3 is 2.81 bits per heavy atom. The predicted octanol–water partition coefficient (Wildman–Crippen LogP) is 4.71. The third-order valence-electron chi connectivity index (χ3n) is 3.57. The lowest BCUT2D eigenvalue weighted by Gasteiger charge is -2.17. The van der Waals surface area contributed by atoms with Gasteiger partial charge in [0, 0.05) is 14.9 Å². The lowest BCUT2D eigenvalue weighted by molar-refractivity contribution is 0.476. The first kappa shape index (κ1) is 14.6. The Kier molecular flexibility index (Phi) is 4.04. The minimum Gasteiger partial charge on any atom is -0.459 e. The minimum atomic E-state index is -0.214. The number of benzene rings is 2. The van der Waals surface area contributed by atoms with Gasteiger partial charge in [-0.25, -0.2) is 5.43 Å². The summed E-state index contributed by atoms with van der Waals surface area (Å²) in [6.07, 6.45) is 0. The highest BCUT2D eigenvalue weighted by Gasteiger charge is 2.19. The highest BCUT2D eigenvalue weighted by molar-refractivity contribution is 9.10. The second-order valence-corrected chi connectivity index (χ2v) is 6.18. The summed E-state index contributed by atoms with van der Waals surface area (Å²) in [4.78, 5) is 0. The molecule has 3 nitrogen and oxygen atoms in total. The van der Waals surface area contributed by atoms with E-state index in [1.54, 1.807) is 0 Å². The van der Waals surface area contributed by atoms with Crippen LogP contribution in [0.1, 0.15) is 22.9 Å². The molecular weight excluding hydrogens is 352 g/mol. The van der Waals surface area contributed by atoms with Crippen molar-refractivity contribution in [2.45, 2.75) is 13.0 Å². The molecule has 2 aromatic carbocycles. The van der Waals surface area contributed by atoms with E-state index in [-0.39, 0.29) is 6.04 Å². The van der Waals surface area contributed by atoms with E-state index in [1.165, 1.54) is 0 Å². The van der Waals surface area contributed by atoms with Crippen molar-refractivity contribution in [2.24, 2.45) is 5.84 Å². The zero-order valence-corrected chi connectivity index (χ0v) is 13.7. The number of hydrazine groups is 1. The highest BCUT2D eigenvalue weighted by atomic mass is 79.9. The van der Waals surface area contributed by atoms with Crippen molar-refractivity contribution in [1.29, 1.82) is 0 Å². The molecule has 0 aliphatic heterocycles. The first-order chi connectivity index (χ1) is 10.1. The SMILES string of the molecule is Cc1c(Br)cccc1C(NN)c1cc2cc(Cl)ccc2o1. The largest absolute Gasteiger partial charge is 0.459 e. The number of rotatable bonds is 3. The quantitative estimate of drug-likeness (QED) is 0.522. The van der Waals surface area contributed by atoms with Gasteiger partial charge in [0.05, 0.1) is 0 Å². The number of halogens is 2. The number of fused-ring (bicyclic) bond motifs is 1. The Hall–Kier alpha value is -1.33. The van der Waals surface area contributed by atoms with Gasteiger partial charge < -0.3 is 4.42 Å². The molecule has 1 heterocycles. The number of hydrogen-bond donors (Lipinski definition) is 2. The summed E-state index contributed by atoms with van der Waals surface area (Å²) in [5, 5.41) is 1.65. The molecule has 3 N–H and O–H groups in total. The van der Waals surface area contributed by atoms with Crippen LogP contribution in [0.4, 0.5) is 0 Å². The lowest BCUT2D eigenvalue weighted by Crippen LogP contribution is -2.29. The van der Waals surface area contributed by atoms with E-state index >= 15 is 0 Å². The van der Waals surface area contributed by atoms with E-state index in [1.807, 2.05) is 49.4 Å². The van der Waals surface area contributed by atoms with Crippen molar-refractivity contribution in [2.75, 3.05) is 0 Å². The normalized spacial score (nSPS) is 12.8. The van der Waals surface area contributed by atoms with Crippen molar-refractivity contribution < 1.29 is 4.42 Å². The number of hydrogen-bond acceptors (Lipinski definition) is 3. The highest BCUT2D eigenvalue weighted by Crippen LogP contribution is 2.32. The molecule has 0 aliphatic rings. The fraction of sp³-hybridized carbons (Fsp3) is 0.125. The third-order valence-corrected chi connectivity index (χ3v) is 4.66. The second kappa shape index (κ2) is 5.81. The van der Waals surface area contributed by atoms with Gasteiger partial charge in [-0.15, -0.1) is 0 Å². The maximum Gasteiger partial charge on any atom is 0.134 e. The van der Waals surface area contributed by atoms with Crippen molar-refractivity contribution >= 4 is 38.5 Å². The van der Waals surface area contributed by atoms with Crippen molar-refractivity contribution in [3.63, 3.8) is 0 Å². The Labute approximate surface area is 136 Å². The summed E-state index contributed by atoms with van der Waals surface area (Å²) < 4.78 is 6.95. The molecule has 0 spiro atoms. The van der Waals surface area contributed by atoms with Gasteiger partial charge in [-0.2, -0.15) is 0 Å². The van der Waals surface area contributed by atoms with Crippen LogP contribution in [0.5, 0.6) is 0 Å². The molecule has 0 aliphatic carbocycles. The molecule has 108 valence electrons. The van der Waals surface area contributed by atoms with Crippen LogP contribution in [0.3, 0.4) is 0 Å². The molecule has 0 amide bonds. The lowest BCUT2D eigenvalue weighted by atomic mass is 10.00. The third kappa shape index (κ3) is 2.72. The molecule has 21 heavy (non-hydrogen) atoms. The van der Waals surface area contributed by atoms with Crippen LogP contribution in [-0.4, -0.2) is 0 Å². The molecule has 0 saturated carbocycles. The first-order valence-electron chi connectivity index (χ1n) is 6.50. The minimum absolute atomic E-state index is 0.214. The molecule has 0 bridgehead atoms. The van der Waals surface area contributed by atoms with Crippen LogP contribution in [0.25, 0.3) is 11.0 Å². The van der Waals surface area contributed by atoms with E-state index < -0.39 is 0 Å². The maximum atomic E-state index is 6.02. The van der Waals surface area contributed by atoms with Gasteiger partial charge in [-0.05, 0) is 48.4 Å².